The summed E-state index contributed by atoms with van der Waals surface area (Å²) in [7, 11) is -1.85. The summed E-state index contributed by atoms with van der Waals surface area (Å²) in [5, 5.41) is 0. The minimum absolute atomic E-state index is 0.123. The van der Waals surface area contributed by atoms with Gasteiger partial charge in [-0.05, 0) is 49.0 Å². The van der Waals surface area contributed by atoms with Gasteiger partial charge in [-0.2, -0.15) is 11.8 Å². The van der Waals surface area contributed by atoms with Crippen molar-refractivity contribution >= 4 is 27.7 Å². The molecule has 2 aliphatic rings. The largest absolute Gasteiger partial charge is 0.380 e. The van der Waals surface area contributed by atoms with Gasteiger partial charge in [-0.3, -0.25) is 4.79 Å². The maximum Gasteiger partial charge on any atom is 0.253 e. The summed E-state index contributed by atoms with van der Waals surface area (Å²) in [5.74, 6) is 1.99. The highest BCUT2D eigenvalue weighted by Crippen LogP contribution is 2.23. The number of thioether (sulfide) groups is 1. The highest BCUT2D eigenvalue weighted by molar-refractivity contribution is 7.99. The summed E-state index contributed by atoms with van der Waals surface area (Å²) >= 11 is 1.91. The van der Waals surface area contributed by atoms with Crippen molar-refractivity contribution in [2.24, 2.45) is 0 Å². The van der Waals surface area contributed by atoms with Gasteiger partial charge in [0.25, 0.3) is 5.91 Å². The van der Waals surface area contributed by atoms with E-state index in [9.17, 15) is 13.2 Å². The van der Waals surface area contributed by atoms with Gasteiger partial charge < -0.3 is 9.64 Å². The fourth-order valence-electron chi connectivity index (χ4n) is 3.15. The second-order valence-electron chi connectivity index (χ2n) is 6.47. The summed E-state index contributed by atoms with van der Waals surface area (Å²) in [4.78, 5) is 14.6. The normalized spacial score (nSPS) is 22.0. The quantitative estimate of drug-likeness (QED) is 0.837. The number of hydrogen-bond donors (Lipinski definition) is 1. The van der Waals surface area contributed by atoms with E-state index in [0.717, 1.165) is 24.3 Å². The number of rotatable bonds is 5. The molecule has 1 aromatic carbocycles. The van der Waals surface area contributed by atoms with E-state index in [1.165, 1.54) is 12.1 Å². The van der Waals surface area contributed by atoms with Gasteiger partial charge in [-0.15, -0.1) is 0 Å². The van der Waals surface area contributed by atoms with Crippen LogP contribution in [0.2, 0.25) is 0 Å². The molecule has 1 aromatic rings. The molecule has 138 valence electrons. The Hall–Kier alpha value is -1.09. The van der Waals surface area contributed by atoms with E-state index < -0.39 is 10.0 Å². The molecule has 0 spiro atoms. The third-order valence-electron chi connectivity index (χ3n) is 4.70. The van der Waals surface area contributed by atoms with Gasteiger partial charge in [0.2, 0.25) is 10.0 Å². The fourth-order valence-corrected chi connectivity index (χ4v) is 5.54. The van der Waals surface area contributed by atoms with Crippen LogP contribution >= 0.6 is 11.8 Å². The molecule has 2 aliphatic heterocycles. The molecule has 0 saturated carbocycles. The molecule has 0 aliphatic carbocycles. The van der Waals surface area contributed by atoms with E-state index in [1.54, 1.807) is 24.1 Å². The lowest BCUT2D eigenvalue weighted by molar-refractivity contribution is 0.0723. The Balaban J connectivity index is 1.74. The molecule has 0 bridgehead atoms. The molecule has 1 amide bonds. The summed E-state index contributed by atoms with van der Waals surface area (Å²) < 4.78 is 32.9. The van der Waals surface area contributed by atoms with Crippen LogP contribution in [-0.2, 0) is 14.8 Å². The molecule has 3 rings (SSSR count). The molecule has 25 heavy (non-hydrogen) atoms. The van der Waals surface area contributed by atoms with Crippen molar-refractivity contribution < 1.29 is 17.9 Å². The number of carbonyl (C=O) groups is 1. The van der Waals surface area contributed by atoms with E-state index in [-0.39, 0.29) is 22.9 Å². The zero-order chi connectivity index (χ0) is 17.9. The predicted octanol–water partition coefficient (Wildman–Crippen LogP) is 1.72. The minimum atomic E-state index is -3.65. The Kier molecular flexibility index (Phi) is 6.04. The lowest BCUT2D eigenvalue weighted by Crippen LogP contribution is -2.39. The molecule has 2 saturated heterocycles. The maximum absolute atomic E-state index is 12.8. The van der Waals surface area contributed by atoms with Crippen LogP contribution in [0.3, 0.4) is 0 Å². The standard InChI is InChI=1S/C17H24N2O4S2/c1-19(15-6-9-24-10-7-15)17(20)13-3-2-4-16(11-13)25(21,22)18-14-5-8-23-12-14/h2-4,11,14-15,18H,5-10,12H2,1H3/t14-/m1/s1. The predicted molar refractivity (Wildman–Crippen MR) is 98.4 cm³/mol. The van der Waals surface area contributed by atoms with Gasteiger partial charge in [0.05, 0.1) is 11.5 Å². The molecule has 0 unspecified atom stereocenters. The minimum Gasteiger partial charge on any atom is -0.380 e. The number of nitrogens with zero attached hydrogens (tertiary/aromatic N) is 1. The maximum atomic E-state index is 12.8. The number of benzene rings is 1. The average Bonchev–Trinajstić information content (AvgIpc) is 3.13. The van der Waals surface area contributed by atoms with Gasteiger partial charge in [0.15, 0.2) is 0 Å². The van der Waals surface area contributed by atoms with Gasteiger partial charge in [0, 0.05) is 31.3 Å². The Morgan fingerprint density at radius 1 is 1.28 bits per heavy atom. The number of ether oxygens (including phenoxy) is 1. The average molecular weight is 385 g/mol. The first kappa shape index (κ1) is 18.7. The first-order valence-electron chi connectivity index (χ1n) is 8.52. The van der Waals surface area contributed by atoms with Crippen LogP contribution in [0, 0.1) is 0 Å². The third-order valence-corrected chi connectivity index (χ3v) is 7.27. The summed E-state index contributed by atoms with van der Waals surface area (Å²) in [6, 6.07) is 6.31. The van der Waals surface area contributed by atoms with E-state index in [0.29, 0.717) is 25.2 Å². The van der Waals surface area contributed by atoms with Crippen molar-refractivity contribution in [3.05, 3.63) is 29.8 Å². The summed E-state index contributed by atoms with van der Waals surface area (Å²) in [6.07, 6.45) is 2.63. The summed E-state index contributed by atoms with van der Waals surface area (Å²) in [5.41, 5.74) is 0.409. The molecule has 0 aromatic heterocycles. The Bertz CT molecular complexity index is 711. The topological polar surface area (TPSA) is 75.7 Å². The van der Waals surface area contributed by atoms with Crippen molar-refractivity contribution in [2.75, 3.05) is 31.8 Å². The molecule has 8 heteroatoms. The van der Waals surface area contributed by atoms with Crippen LogP contribution in [0.5, 0.6) is 0 Å². The number of amides is 1. The van der Waals surface area contributed by atoms with Gasteiger partial charge in [-0.25, -0.2) is 13.1 Å². The molecule has 2 fully saturated rings. The molecule has 2 heterocycles. The monoisotopic (exact) mass is 384 g/mol. The lowest BCUT2D eigenvalue weighted by Gasteiger charge is -2.31. The van der Waals surface area contributed by atoms with Crippen LogP contribution in [0.25, 0.3) is 0 Å². The summed E-state index contributed by atoms with van der Waals surface area (Å²) in [6.45, 7) is 0.955. The van der Waals surface area contributed by atoms with E-state index in [1.807, 2.05) is 11.8 Å². The molecule has 1 N–H and O–H groups in total. The number of nitrogens with one attached hydrogen (secondary N) is 1. The highest BCUT2D eigenvalue weighted by atomic mass is 32.2. The first-order valence-corrected chi connectivity index (χ1v) is 11.2. The number of hydrogen-bond acceptors (Lipinski definition) is 5. The zero-order valence-corrected chi connectivity index (χ0v) is 15.9. The third kappa shape index (κ3) is 4.55. The van der Waals surface area contributed by atoms with Crippen molar-refractivity contribution in [2.45, 2.75) is 36.2 Å². The second kappa shape index (κ2) is 8.07. The van der Waals surface area contributed by atoms with Gasteiger partial charge >= 0.3 is 0 Å². The molecule has 6 nitrogen and oxygen atoms in total. The van der Waals surface area contributed by atoms with Crippen LogP contribution < -0.4 is 4.72 Å². The molecular weight excluding hydrogens is 360 g/mol. The molecule has 1 atom stereocenters. The van der Waals surface area contributed by atoms with Crippen molar-refractivity contribution in [3.63, 3.8) is 0 Å². The van der Waals surface area contributed by atoms with Gasteiger partial charge in [-0.1, -0.05) is 6.07 Å². The molecule has 0 radical (unpaired) electrons. The Morgan fingerprint density at radius 3 is 2.72 bits per heavy atom. The van der Waals surface area contributed by atoms with E-state index >= 15 is 0 Å². The van der Waals surface area contributed by atoms with E-state index in [4.69, 9.17) is 4.74 Å². The zero-order valence-electron chi connectivity index (χ0n) is 14.3. The Labute approximate surface area is 153 Å². The van der Waals surface area contributed by atoms with Crippen LogP contribution in [0.4, 0.5) is 0 Å². The SMILES string of the molecule is CN(C(=O)c1cccc(S(=O)(=O)N[C@@H]2CCOC2)c1)C1CCSCC1. The molecular formula is C17H24N2O4S2. The Morgan fingerprint density at radius 2 is 2.04 bits per heavy atom. The van der Waals surface area contributed by atoms with Crippen molar-refractivity contribution in [1.82, 2.24) is 9.62 Å². The van der Waals surface area contributed by atoms with Crippen LogP contribution in [0.15, 0.2) is 29.2 Å². The van der Waals surface area contributed by atoms with Crippen LogP contribution in [0.1, 0.15) is 29.6 Å². The van der Waals surface area contributed by atoms with Gasteiger partial charge in [0.1, 0.15) is 0 Å². The van der Waals surface area contributed by atoms with E-state index in [2.05, 4.69) is 4.72 Å². The number of sulfonamides is 1. The van der Waals surface area contributed by atoms with Crippen molar-refractivity contribution in [3.8, 4) is 0 Å². The fraction of sp³-hybridized carbons (Fsp3) is 0.588. The lowest BCUT2D eigenvalue weighted by atomic mass is 10.1. The number of carbonyl (C=O) groups excluding carboxylic acids is 1. The van der Waals surface area contributed by atoms with Crippen LogP contribution in [-0.4, -0.2) is 63.1 Å². The van der Waals surface area contributed by atoms with Crippen molar-refractivity contribution in [1.29, 1.82) is 0 Å². The highest BCUT2D eigenvalue weighted by Gasteiger charge is 2.26. The first-order chi connectivity index (χ1) is 12.0. The smallest absolute Gasteiger partial charge is 0.253 e. The second-order valence-corrected chi connectivity index (χ2v) is 9.41.